The third-order valence-corrected chi connectivity index (χ3v) is 4.86. The van der Waals surface area contributed by atoms with Crippen molar-refractivity contribution in [2.24, 2.45) is 0 Å². The fraction of sp³-hybridized carbons (Fsp3) is 0.120. The Bertz CT molecular complexity index is 1190. The van der Waals surface area contributed by atoms with E-state index in [0.29, 0.717) is 22.9 Å². The van der Waals surface area contributed by atoms with E-state index < -0.39 is 18.5 Å². The van der Waals surface area contributed by atoms with Crippen LogP contribution in [0.25, 0.3) is 0 Å². The van der Waals surface area contributed by atoms with Crippen molar-refractivity contribution in [1.82, 2.24) is 5.43 Å². The second-order valence-corrected chi connectivity index (χ2v) is 7.37. The number of ether oxygens (including phenoxy) is 2. The van der Waals surface area contributed by atoms with Gasteiger partial charge in [0.1, 0.15) is 11.5 Å². The van der Waals surface area contributed by atoms with Crippen molar-refractivity contribution in [2.75, 3.05) is 16.9 Å². The van der Waals surface area contributed by atoms with Gasteiger partial charge in [-0.3, -0.25) is 19.8 Å². The fourth-order valence-corrected chi connectivity index (χ4v) is 3.17. The van der Waals surface area contributed by atoms with Gasteiger partial charge in [0.15, 0.2) is 6.61 Å². The van der Waals surface area contributed by atoms with Crippen molar-refractivity contribution in [3.63, 3.8) is 0 Å². The maximum atomic E-state index is 12.3. The van der Waals surface area contributed by atoms with E-state index in [4.69, 9.17) is 9.47 Å². The summed E-state index contributed by atoms with van der Waals surface area (Å²) in [6.45, 7) is -0.469. The summed E-state index contributed by atoms with van der Waals surface area (Å²) in [5.74, 6) is -0.374. The van der Waals surface area contributed by atoms with E-state index >= 15 is 0 Å². The number of para-hydroxylation sites is 1. The average molecular weight is 459 g/mol. The number of hydrazine groups is 1. The van der Waals surface area contributed by atoms with Gasteiger partial charge in [0.05, 0.1) is 11.3 Å². The van der Waals surface area contributed by atoms with Gasteiger partial charge in [-0.15, -0.1) is 0 Å². The highest BCUT2D eigenvalue weighted by Gasteiger charge is 2.24. The third-order valence-electron chi connectivity index (χ3n) is 4.86. The fourth-order valence-electron chi connectivity index (χ4n) is 3.17. The van der Waals surface area contributed by atoms with Crippen molar-refractivity contribution in [3.05, 3.63) is 84.4 Å². The lowest BCUT2D eigenvalue weighted by atomic mass is 10.2. The first-order valence-electron chi connectivity index (χ1n) is 10.5. The molecule has 1 saturated heterocycles. The minimum absolute atomic E-state index is 0.119. The molecule has 34 heavy (non-hydrogen) atoms. The summed E-state index contributed by atoms with van der Waals surface area (Å²) in [5, 5.41) is 3.79. The van der Waals surface area contributed by atoms with Crippen LogP contribution in [0.3, 0.4) is 0 Å². The molecular formula is C25H21N3O6. The summed E-state index contributed by atoms with van der Waals surface area (Å²) >= 11 is 0. The molecule has 1 heterocycles. The first kappa shape index (κ1) is 22.5. The quantitative estimate of drug-likeness (QED) is 0.524. The SMILES string of the molecule is O=C(COC(=O)c1ccc(N2NC(=O)CCC2=O)cc1)Nc1ccc(Oc2ccccc2)cc1. The van der Waals surface area contributed by atoms with Crippen LogP contribution in [0.4, 0.5) is 11.4 Å². The van der Waals surface area contributed by atoms with Crippen molar-refractivity contribution >= 4 is 35.1 Å². The maximum Gasteiger partial charge on any atom is 0.338 e. The van der Waals surface area contributed by atoms with Crippen LogP contribution in [-0.2, 0) is 19.1 Å². The molecule has 3 aromatic rings. The van der Waals surface area contributed by atoms with Crippen LogP contribution in [0.1, 0.15) is 23.2 Å². The van der Waals surface area contributed by atoms with Gasteiger partial charge in [-0.2, -0.15) is 0 Å². The largest absolute Gasteiger partial charge is 0.457 e. The van der Waals surface area contributed by atoms with Crippen LogP contribution in [0, 0.1) is 0 Å². The molecule has 1 fully saturated rings. The molecule has 9 heteroatoms. The predicted octanol–water partition coefficient (Wildman–Crippen LogP) is 3.43. The standard InChI is InChI=1S/C25H21N3O6/c29-22-14-15-24(31)28(27-22)19-10-6-17(7-11-19)25(32)33-16-23(30)26-18-8-12-21(13-9-18)34-20-4-2-1-3-5-20/h1-13H,14-16H2,(H,26,30)(H,27,29). The summed E-state index contributed by atoms with van der Waals surface area (Å²) in [6, 6.07) is 22.0. The number of rotatable bonds is 7. The zero-order valence-corrected chi connectivity index (χ0v) is 18.0. The van der Waals surface area contributed by atoms with Gasteiger partial charge in [-0.25, -0.2) is 9.80 Å². The molecule has 0 bridgehead atoms. The van der Waals surface area contributed by atoms with Gasteiger partial charge in [0.25, 0.3) is 5.91 Å². The second-order valence-electron chi connectivity index (χ2n) is 7.37. The number of esters is 1. The van der Waals surface area contributed by atoms with Crippen LogP contribution in [0.2, 0.25) is 0 Å². The first-order valence-corrected chi connectivity index (χ1v) is 10.5. The topological polar surface area (TPSA) is 114 Å². The molecule has 1 aliphatic rings. The Labute approximate surface area is 195 Å². The van der Waals surface area contributed by atoms with Gasteiger partial charge in [0, 0.05) is 18.5 Å². The van der Waals surface area contributed by atoms with Crippen molar-refractivity contribution in [3.8, 4) is 11.5 Å². The number of carbonyl (C=O) groups is 4. The molecule has 2 N–H and O–H groups in total. The number of amides is 3. The Kier molecular flexibility index (Phi) is 6.83. The van der Waals surface area contributed by atoms with Gasteiger partial charge in [-0.1, -0.05) is 18.2 Å². The number of hydrogen-bond acceptors (Lipinski definition) is 6. The highest BCUT2D eigenvalue weighted by atomic mass is 16.5. The van der Waals surface area contributed by atoms with Crippen LogP contribution < -0.4 is 20.5 Å². The average Bonchev–Trinajstić information content (AvgIpc) is 2.86. The molecule has 0 aromatic heterocycles. The molecule has 0 atom stereocenters. The Balaban J connectivity index is 1.26. The number of nitrogens with zero attached hydrogens (tertiary/aromatic N) is 1. The Morgan fingerprint density at radius 1 is 0.853 bits per heavy atom. The zero-order valence-electron chi connectivity index (χ0n) is 18.0. The lowest BCUT2D eigenvalue weighted by molar-refractivity contribution is -0.130. The summed E-state index contributed by atoms with van der Waals surface area (Å²) in [6.07, 6.45) is 0.265. The molecule has 0 saturated carbocycles. The second kappa shape index (κ2) is 10.3. The van der Waals surface area contributed by atoms with Crippen LogP contribution >= 0.6 is 0 Å². The van der Waals surface area contributed by atoms with Crippen LogP contribution in [0.5, 0.6) is 11.5 Å². The summed E-state index contributed by atoms with van der Waals surface area (Å²) in [5.41, 5.74) is 3.63. The Morgan fingerprint density at radius 3 is 2.24 bits per heavy atom. The van der Waals surface area contributed by atoms with E-state index in [1.807, 2.05) is 30.3 Å². The molecule has 1 aliphatic heterocycles. The molecule has 3 aromatic carbocycles. The molecule has 0 spiro atoms. The predicted molar refractivity (Wildman–Crippen MR) is 123 cm³/mol. The normalized spacial score (nSPS) is 13.1. The van der Waals surface area contributed by atoms with E-state index in [1.54, 1.807) is 24.3 Å². The molecule has 0 aliphatic carbocycles. The smallest absolute Gasteiger partial charge is 0.338 e. The summed E-state index contributed by atoms with van der Waals surface area (Å²) < 4.78 is 10.8. The van der Waals surface area contributed by atoms with E-state index in [1.165, 1.54) is 24.3 Å². The van der Waals surface area contributed by atoms with Crippen molar-refractivity contribution in [1.29, 1.82) is 0 Å². The lowest BCUT2D eigenvalue weighted by Crippen LogP contribution is -2.50. The maximum absolute atomic E-state index is 12.3. The number of hydrogen-bond donors (Lipinski definition) is 2. The van der Waals surface area contributed by atoms with Crippen LogP contribution in [-0.4, -0.2) is 30.3 Å². The number of nitrogens with one attached hydrogen (secondary N) is 2. The van der Waals surface area contributed by atoms with E-state index in [-0.39, 0.29) is 30.2 Å². The summed E-state index contributed by atoms with van der Waals surface area (Å²) in [7, 11) is 0. The van der Waals surface area contributed by atoms with Crippen molar-refractivity contribution in [2.45, 2.75) is 12.8 Å². The Hall–Kier alpha value is -4.66. The van der Waals surface area contributed by atoms with Crippen molar-refractivity contribution < 1.29 is 28.7 Å². The minimum Gasteiger partial charge on any atom is -0.457 e. The van der Waals surface area contributed by atoms with Gasteiger partial charge in [0.2, 0.25) is 11.8 Å². The Morgan fingerprint density at radius 2 is 1.53 bits per heavy atom. The number of benzene rings is 3. The molecular weight excluding hydrogens is 438 g/mol. The highest BCUT2D eigenvalue weighted by molar-refractivity contribution is 6.01. The number of anilines is 2. The first-order chi connectivity index (χ1) is 16.5. The van der Waals surface area contributed by atoms with Gasteiger partial charge >= 0.3 is 5.97 Å². The molecule has 0 radical (unpaired) electrons. The molecule has 4 rings (SSSR count). The van der Waals surface area contributed by atoms with Gasteiger partial charge < -0.3 is 14.8 Å². The summed E-state index contributed by atoms with van der Waals surface area (Å²) in [4.78, 5) is 47.9. The van der Waals surface area contributed by atoms with Gasteiger partial charge in [-0.05, 0) is 60.7 Å². The van der Waals surface area contributed by atoms with E-state index in [0.717, 1.165) is 5.01 Å². The molecule has 172 valence electrons. The molecule has 0 unspecified atom stereocenters. The van der Waals surface area contributed by atoms with E-state index in [9.17, 15) is 19.2 Å². The lowest BCUT2D eigenvalue weighted by Gasteiger charge is -2.27. The third kappa shape index (κ3) is 5.77. The minimum atomic E-state index is -0.692. The highest BCUT2D eigenvalue weighted by Crippen LogP contribution is 2.22. The monoisotopic (exact) mass is 459 g/mol. The molecule has 3 amide bonds. The molecule has 9 nitrogen and oxygen atoms in total. The van der Waals surface area contributed by atoms with Crippen LogP contribution in [0.15, 0.2) is 78.9 Å². The zero-order chi connectivity index (χ0) is 23.9. The number of carbonyl (C=O) groups excluding carboxylic acids is 4. The van der Waals surface area contributed by atoms with E-state index in [2.05, 4.69) is 10.7 Å².